The van der Waals surface area contributed by atoms with E-state index in [1.807, 2.05) is 11.6 Å². The van der Waals surface area contributed by atoms with E-state index in [9.17, 15) is 25.2 Å². The summed E-state index contributed by atoms with van der Waals surface area (Å²) in [5.41, 5.74) is 8.62. The van der Waals surface area contributed by atoms with Gasteiger partial charge in [0.2, 0.25) is 0 Å². The average molecular weight is 467 g/mol. The number of guanidine groups is 1. The molecule has 0 radical (unpaired) electrons. The molecule has 1 aliphatic rings. The SMILES string of the molecule is CCCCCCCCCCCCCCN1CC[N+](C)=C1N=[N+]=[N-].F[P-](F)(F)(F)(F)F. The van der Waals surface area contributed by atoms with Crippen molar-refractivity contribution in [1.29, 1.82) is 0 Å². The van der Waals surface area contributed by atoms with Crippen LogP contribution in [0.15, 0.2) is 5.11 Å². The van der Waals surface area contributed by atoms with Gasteiger partial charge < -0.3 is 0 Å². The fraction of sp³-hybridized carbons (Fsp3) is 0.944. The fourth-order valence-electron chi connectivity index (χ4n) is 3.25. The maximum absolute atomic E-state index is 10.7. The monoisotopic (exact) mass is 467 g/mol. The standard InChI is InChI=1S/C18H36N5.F6P/c1-3-4-5-6-7-8-9-10-11-12-13-14-15-23-17-16-22(2)18(23)20-21-19;1-7(2,3,4,5)6/h3-17H2,1-2H3;/q+1;-1. The summed E-state index contributed by atoms with van der Waals surface area (Å²) in [4.78, 5) is 5.15. The number of nitrogens with zero attached hydrogens (tertiary/aromatic N) is 5. The van der Waals surface area contributed by atoms with E-state index < -0.39 is 7.81 Å². The van der Waals surface area contributed by atoms with Crippen LogP contribution in [0, 0.1) is 0 Å². The predicted molar refractivity (Wildman–Crippen MR) is 111 cm³/mol. The second-order valence-corrected chi connectivity index (χ2v) is 9.66. The van der Waals surface area contributed by atoms with E-state index in [1.165, 1.54) is 77.0 Å². The van der Waals surface area contributed by atoms with Crippen LogP contribution >= 0.6 is 7.81 Å². The zero-order valence-corrected chi connectivity index (χ0v) is 19.0. The zero-order valence-electron chi connectivity index (χ0n) is 18.1. The van der Waals surface area contributed by atoms with Crippen molar-refractivity contribution in [3.05, 3.63) is 10.4 Å². The summed E-state index contributed by atoms with van der Waals surface area (Å²) in [6.45, 7) is 5.25. The predicted octanol–water partition coefficient (Wildman–Crippen LogP) is 8.69. The molecular weight excluding hydrogens is 431 g/mol. The number of unbranched alkanes of at least 4 members (excludes halogenated alkanes) is 11. The second kappa shape index (κ2) is 12.6. The first kappa shape index (κ1) is 28.8. The first-order valence-corrected chi connectivity index (χ1v) is 12.7. The third-order valence-corrected chi connectivity index (χ3v) is 4.75. The average Bonchev–Trinajstić information content (AvgIpc) is 2.94. The molecule has 30 heavy (non-hydrogen) atoms. The molecule has 0 spiro atoms. The summed E-state index contributed by atoms with van der Waals surface area (Å²) in [6, 6.07) is 0. The van der Waals surface area contributed by atoms with Gasteiger partial charge in [0.1, 0.15) is 0 Å². The van der Waals surface area contributed by atoms with Crippen molar-refractivity contribution < 1.29 is 29.8 Å². The normalized spacial score (nSPS) is 16.5. The van der Waals surface area contributed by atoms with Crippen molar-refractivity contribution in [3.63, 3.8) is 0 Å². The van der Waals surface area contributed by atoms with Crippen LogP contribution < -0.4 is 0 Å². The van der Waals surface area contributed by atoms with Crippen LogP contribution in [0.4, 0.5) is 25.2 Å². The Bertz CT molecular complexity index is 561. The first-order chi connectivity index (χ1) is 13.7. The Morgan fingerprint density at radius 2 is 1.27 bits per heavy atom. The van der Waals surface area contributed by atoms with Crippen LogP contribution in [-0.2, 0) is 0 Å². The van der Waals surface area contributed by atoms with Gasteiger partial charge in [-0.25, -0.2) is 0 Å². The third-order valence-electron chi connectivity index (χ3n) is 4.75. The van der Waals surface area contributed by atoms with Crippen molar-refractivity contribution >= 4 is 13.8 Å². The molecule has 0 aromatic rings. The van der Waals surface area contributed by atoms with Crippen LogP contribution in [0.2, 0.25) is 0 Å². The molecule has 0 fully saturated rings. The van der Waals surface area contributed by atoms with E-state index in [1.54, 1.807) is 0 Å². The molecular formula is C18H36F6N5P. The molecule has 1 rings (SSSR count). The molecule has 0 N–H and O–H groups in total. The van der Waals surface area contributed by atoms with Crippen LogP contribution in [0.3, 0.4) is 0 Å². The summed E-state index contributed by atoms with van der Waals surface area (Å²) in [5.74, 6) is 0.801. The summed E-state index contributed by atoms with van der Waals surface area (Å²) >= 11 is 0. The number of azide groups is 1. The van der Waals surface area contributed by atoms with Gasteiger partial charge in [0, 0.05) is 10.0 Å². The van der Waals surface area contributed by atoms with Gasteiger partial charge in [0.05, 0.1) is 26.7 Å². The van der Waals surface area contributed by atoms with Gasteiger partial charge in [-0.2, -0.15) is 0 Å². The number of rotatable bonds is 13. The molecule has 12 heteroatoms. The molecule has 0 aromatic carbocycles. The minimum atomic E-state index is -10.7. The van der Waals surface area contributed by atoms with Crippen LogP contribution in [-0.4, -0.2) is 42.1 Å². The molecule has 0 saturated heterocycles. The van der Waals surface area contributed by atoms with E-state index in [0.29, 0.717) is 0 Å². The summed E-state index contributed by atoms with van der Waals surface area (Å²) in [6.07, 6.45) is 16.5. The van der Waals surface area contributed by atoms with Gasteiger partial charge in [-0.05, 0) is 12.0 Å². The van der Waals surface area contributed by atoms with Crippen LogP contribution in [0.25, 0.3) is 10.4 Å². The van der Waals surface area contributed by atoms with E-state index in [2.05, 4.69) is 21.8 Å². The Hall–Kier alpha value is -1.21. The van der Waals surface area contributed by atoms with E-state index in [-0.39, 0.29) is 0 Å². The third kappa shape index (κ3) is 21.5. The van der Waals surface area contributed by atoms with Gasteiger partial charge in [0.25, 0.3) is 5.96 Å². The summed E-state index contributed by atoms with van der Waals surface area (Å²) < 4.78 is 61.2. The molecule has 1 aliphatic heterocycles. The molecule has 0 atom stereocenters. The quantitative estimate of drug-likeness (QED) is 0.0508. The van der Waals surface area contributed by atoms with Gasteiger partial charge in [0.15, 0.2) is 0 Å². The Labute approximate surface area is 175 Å². The van der Waals surface area contributed by atoms with Crippen LogP contribution in [0.5, 0.6) is 0 Å². The molecule has 0 amide bonds. The fourth-order valence-corrected chi connectivity index (χ4v) is 3.25. The Morgan fingerprint density at radius 1 is 0.867 bits per heavy atom. The Morgan fingerprint density at radius 3 is 1.67 bits per heavy atom. The summed E-state index contributed by atoms with van der Waals surface area (Å²) in [5, 5.41) is 3.81. The molecule has 5 nitrogen and oxygen atoms in total. The van der Waals surface area contributed by atoms with Crippen molar-refractivity contribution in [1.82, 2.24) is 4.90 Å². The zero-order chi connectivity index (χ0) is 23.2. The topological polar surface area (TPSA) is 55.0 Å². The summed E-state index contributed by atoms with van der Waals surface area (Å²) in [7, 11) is -8.67. The molecule has 0 aromatic heterocycles. The number of likely N-dealkylation sites (N-methyl/N-ethyl adjacent to an activating group) is 1. The minimum absolute atomic E-state index is 0.801. The molecule has 0 bridgehead atoms. The molecule has 0 saturated carbocycles. The number of hydrogen-bond acceptors (Lipinski definition) is 2. The van der Waals surface area contributed by atoms with Crippen molar-refractivity contribution in [2.75, 3.05) is 26.7 Å². The first-order valence-electron chi connectivity index (χ1n) is 10.7. The molecule has 1 heterocycles. The van der Waals surface area contributed by atoms with E-state index in [0.717, 1.165) is 25.6 Å². The van der Waals surface area contributed by atoms with Gasteiger partial charge >= 0.3 is 33.0 Å². The molecule has 180 valence electrons. The van der Waals surface area contributed by atoms with Gasteiger partial charge in [-0.3, -0.25) is 9.48 Å². The number of halogens is 6. The van der Waals surface area contributed by atoms with Crippen molar-refractivity contribution in [2.24, 2.45) is 5.11 Å². The van der Waals surface area contributed by atoms with Gasteiger partial charge in [-0.1, -0.05) is 77.6 Å². The number of hydrogen-bond donors (Lipinski definition) is 0. The Kier molecular flexibility index (Phi) is 12.1. The molecule has 0 unspecified atom stereocenters. The second-order valence-electron chi connectivity index (χ2n) is 7.75. The molecule has 0 aliphatic carbocycles. The van der Waals surface area contributed by atoms with Gasteiger partial charge in [-0.15, -0.1) is 0 Å². The van der Waals surface area contributed by atoms with Crippen molar-refractivity contribution in [2.45, 2.75) is 84.0 Å². The van der Waals surface area contributed by atoms with Crippen LogP contribution in [0.1, 0.15) is 84.0 Å². The Balaban J connectivity index is 0.00000103. The van der Waals surface area contributed by atoms with E-state index >= 15 is 0 Å². The maximum atomic E-state index is 9.87. The van der Waals surface area contributed by atoms with Crippen molar-refractivity contribution in [3.8, 4) is 0 Å². The van der Waals surface area contributed by atoms with E-state index in [4.69, 9.17) is 5.53 Å².